The number of benzene rings is 3. The number of methoxy groups -OCH3 is 2. The highest BCUT2D eigenvalue weighted by molar-refractivity contribution is 7.99. The van der Waals surface area contributed by atoms with E-state index >= 15 is 0 Å². The van der Waals surface area contributed by atoms with Gasteiger partial charge in [0.2, 0.25) is 0 Å². The van der Waals surface area contributed by atoms with Gasteiger partial charge in [0, 0.05) is 34.3 Å². The molecule has 0 saturated heterocycles. The molecule has 5 rings (SSSR count). The molecule has 0 atom stereocenters. The standard InChI is InChI=1S/C26H22N4O3S/c1-32-23-13-12-18(14-24(23)33-2)30-25(17-8-4-3-5-9-17)28-29-26(30)34-16-22(31)20-15-27-21-11-7-6-10-19(20)21/h3-15,27H,16H2,1-2H3. The lowest BCUT2D eigenvalue weighted by atomic mass is 10.1. The number of para-hydroxylation sites is 1. The Bertz CT molecular complexity index is 1460. The number of carbonyl (C=O) groups excluding carboxylic acids is 1. The molecule has 2 heterocycles. The van der Waals surface area contributed by atoms with Crippen molar-refractivity contribution >= 4 is 28.4 Å². The van der Waals surface area contributed by atoms with Gasteiger partial charge in [0.1, 0.15) is 0 Å². The van der Waals surface area contributed by atoms with Crippen LogP contribution in [-0.4, -0.2) is 45.5 Å². The fourth-order valence-corrected chi connectivity index (χ4v) is 4.68. The third-order valence-corrected chi connectivity index (χ3v) is 6.44. The molecule has 0 unspecified atom stereocenters. The first kappa shape index (κ1) is 21.8. The third-order valence-electron chi connectivity index (χ3n) is 5.51. The zero-order chi connectivity index (χ0) is 23.5. The number of ketones is 1. The maximum absolute atomic E-state index is 13.1. The van der Waals surface area contributed by atoms with E-state index in [-0.39, 0.29) is 11.5 Å². The minimum Gasteiger partial charge on any atom is -0.493 e. The van der Waals surface area contributed by atoms with Crippen LogP contribution in [0.1, 0.15) is 10.4 Å². The van der Waals surface area contributed by atoms with Gasteiger partial charge < -0.3 is 14.5 Å². The number of nitrogens with zero attached hydrogens (tertiary/aromatic N) is 3. The quantitative estimate of drug-likeness (QED) is 0.241. The minimum absolute atomic E-state index is 0.0190. The Balaban J connectivity index is 1.51. The Kier molecular flexibility index (Phi) is 6.05. The molecule has 0 aliphatic heterocycles. The first-order valence-corrected chi connectivity index (χ1v) is 11.6. The van der Waals surface area contributed by atoms with Gasteiger partial charge in [0.15, 0.2) is 28.3 Å². The Morgan fingerprint density at radius 1 is 0.941 bits per heavy atom. The van der Waals surface area contributed by atoms with E-state index in [2.05, 4.69) is 15.2 Å². The molecule has 0 fully saturated rings. The van der Waals surface area contributed by atoms with Gasteiger partial charge in [0.25, 0.3) is 0 Å². The van der Waals surface area contributed by atoms with Gasteiger partial charge in [-0.15, -0.1) is 10.2 Å². The molecule has 3 aromatic carbocycles. The Labute approximate surface area is 200 Å². The van der Waals surface area contributed by atoms with Crippen molar-refractivity contribution in [1.82, 2.24) is 19.7 Å². The number of aromatic nitrogens is 4. The lowest BCUT2D eigenvalue weighted by molar-refractivity contribution is 0.102. The van der Waals surface area contributed by atoms with E-state index in [0.717, 1.165) is 22.2 Å². The van der Waals surface area contributed by atoms with Gasteiger partial charge in [-0.3, -0.25) is 9.36 Å². The molecule has 34 heavy (non-hydrogen) atoms. The number of hydrogen-bond donors (Lipinski definition) is 1. The maximum Gasteiger partial charge on any atom is 0.196 e. The van der Waals surface area contributed by atoms with E-state index in [1.807, 2.05) is 77.4 Å². The molecule has 2 aromatic heterocycles. The molecule has 0 aliphatic carbocycles. The number of carbonyl (C=O) groups is 1. The van der Waals surface area contributed by atoms with E-state index in [9.17, 15) is 4.79 Å². The molecule has 0 aliphatic rings. The van der Waals surface area contributed by atoms with Crippen LogP contribution in [0.25, 0.3) is 28.0 Å². The van der Waals surface area contributed by atoms with Gasteiger partial charge in [-0.2, -0.15) is 0 Å². The van der Waals surface area contributed by atoms with Crippen molar-refractivity contribution in [3.63, 3.8) is 0 Å². The Morgan fingerprint density at radius 3 is 2.50 bits per heavy atom. The number of aromatic amines is 1. The monoisotopic (exact) mass is 470 g/mol. The summed E-state index contributed by atoms with van der Waals surface area (Å²) in [5.74, 6) is 2.14. The average Bonchev–Trinajstić information content (AvgIpc) is 3.52. The fourth-order valence-electron chi connectivity index (χ4n) is 3.84. The van der Waals surface area contributed by atoms with Crippen molar-refractivity contribution in [3.8, 4) is 28.6 Å². The SMILES string of the molecule is COc1ccc(-n2c(SCC(=O)c3c[nH]c4ccccc34)nnc2-c2ccccc2)cc1OC. The van der Waals surface area contributed by atoms with Crippen molar-refractivity contribution in [3.05, 3.63) is 84.6 Å². The van der Waals surface area contributed by atoms with E-state index in [1.54, 1.807) is 20.4 Å². The zero-order valence-electron chi connectivity index (χ0n) is 18.7. The predicted octanol–water partition coefficient (Wildman–Crippen LogP) is 5.41. The lowest BCUT2D eigenvalue weighted by Gasteiger charge is -2.13. The fraction of sp³-hybridized carbons (Fsp3) is 0.115. The van der Waals surface area contributed by atoms with Gasteiger partial charge in [-0.25, -0.2) is 0 Å². The van der Waals surface area contributed by atoms with E-state index < -0.39 is 0 Å². The van der Waals surface area contributed by atoms with Crippen molar-refractivity contribution < 1.29 is 14.3 Å². The summed E-state index contributed by atoms with van der Waals surface area (Å²) in [5.41, 5.74) is 3.34. The number of thioether (sulfide) groups is 1. The molecular weight excluding hydrogens is 448 g/mol. The van der Waals surface area contributed by atoms with Crippen molar-refractivity contribution in [2.75, 3.05) is 20.0 Å². The largest absolute Gasteiger partial charge is 0.493 e. The lowest BCUT2D eigenvalue weighted by Crippen LogP contribution is -2.05. The van der Waals surface area contributed by atoms with Crippen LogP contribution in [0.3, 0.4) is 0 Å². The van der Waals surface area contributed by atoms with E-state index in [0.29, 0.717) is 28.0 Å². The van der Waals surface area contributed by atoms with Gasteiger partial charge in [-0.05, 0) is 18.2 Å². The van der Waals surface area contributed by atoms with Crippen LogP contribution < -0.4 is 9.47 Å². The summed E-state index contributed by atoms with van der Waals surface area (Å²) in [6.45, 7) is 0. The molecule has 7 nitrogen and oxygen atoms in total. The number of hydrogen-bond acceptors (Lipinski definition) is 6. The number of rotatable bonds is 8. The second-order valence-corrected chi connectivity index (χ2v) is 8.45. The van der Waals surface area contributed by atoms with Crippen LogP contribution >= 0.6 is 11.8 Å². The minimum atomic E-state index is 0.0190. The molecule has 0 saturated carbocycles. The average molecular weight is 471 g/mol. The highest BCUT2D eigenvalue weighted by atomic mass is 32.2. The molecule has 0 amide bonds. The number of nitrogens with one attached hydrogen (secondary N) is 1. The molecular formula is C26H22N4O3S. The first-order chi connectivity index (χ1) is 16.7. The highest BCUT2D eigenvalue weighted by Crippen LogP contribution is 2.34. The van der Waals surface area contributed by atoms with Gasteiger partial charge in [-0.1, -0.05) is 60.3 Å². The summed E-state index contributed by atoms with van der Waals surface area (Å²) >= 11 is 1.35. The van der Waals surface area contributed by atoms with Crippen molar-refractivity contribution in [1.29, 1.82) is 0 Å². The topological polar surface area (TPSA) is 82.0 Å². The van der Waals surface area contributed by atoms with E-state index in [1.165, 1.54) is 11.8 Å². The molecule has 1 N–H and O–H groups in total. The van der Waals surface area contributed by atoms with Crippen LogP contribution in [0, 0.1) is 0 Å². The summed E-state index contributed by atoms with van der Waals surface area (Å²) in [6.07, 6.45) is 1.77. The van der Waals surface area contributed by atoms with Crippen LogP contribution in [0.5, 0.6) is 11.5 Å². The molecule has 0 bridgehead atoms. The first-order valence-electron chi connectivity index (χ1n) is 10.6. The number of ether oxygens (including phenoxy) is 2. The van der Waals surface area contributed by atoms with Crippen LogP contribution in [0.4, 0.5) is 0 Å². The highest BCUT2D eigenvalue weighted by Gasteiger charge is 2.20. The summed E-state index contributed by atoms with van der Waals surface area (Å²) in [5, 5.41) is 10.4. The summed E-state index contributed by atoms with van der Waals surface area (Å²) in [4.78, 5) is 16.2. The summed E-state index contributed by atoms with van der Waals surface area (Å²) < 4.78 is 12.8. The smallest absolute Gasteiger partial charge is 0.196 e. The summed E-state index contributed by atoms with van der Waals surface area (Å²) in [7, 11) is 3.20. The molecule has 170 valence electrons. The van der Waals surface area contributed by atoms with Gasteiger partial charge >= 0.3 is 0 Å². The normalized spacial score (nSPS) is 11.0. The van der Waals surface area contributed by atoms with E-state index in [4.69, 9.17) is 9.47 Å². The number of fused-ring (bicyclic) bond motifs is 1. The zero-order valence-corrected chi connectivity index (χ0v) is 19.5. The van der Waals surface area contributed by atoms with Gasteiger partial charge in [0.05, 0.1) is 25.7 Å². The Hall–Kier alpha value is -4.04. The Morgan fingerprint density at radius 2 is 1.71 bits per heavy atom. The second-order valence-electron chi connectivity index (χ2n) is 7.51. The molecule has 8 heteroatoms. The van der Waals surface area contributed by atoms with Crippen LogP contribution in [-0.2, 0) is 0 Å². The molecule has 0 radical (unpaired) electrons. The van der Waals surface area contributed by atoms with Crippen LogP contribution in [0.15, 0.2) is 84.1 Å². The maximum atomic E-state index is 13.1. The predicted molar refractivity (Wildman–Crippen MR) is 133 cm³/mol. The molecule has 0 spiro atoms. The summed E-state index contributed by atoms with van der Waals surface area (Å²) in [6, 6.07) is 23.2. The second kappa shape index (κ2) is 9.44. The molecule has 5 aromatic rings. The number of H-pyrrole nitrogens is 1. The van der Waals surface area contributed by atoms with Crippen LogP contribution in [0.2, 0.25) is 0 Å². The number of Topliss-reactive ketones (excluding diaryl/α,β-unsaturated/α-hetero) is 1. The van der Waals surface area contributed by atoms with Crippen molar-refractivity contribution in [2.45, 2.75) is 5.16 Å². The third kappa shape index (κ3) is 4.04. The van der Waals surface area contributed by atoms with Crippen molar-refractivity contribution in [2.24, 2.45) is 0 Å².